The molecule has 0 aromatic rings. The van der Waals surface area contributed by atoms with Crippen molar-refractivity contribution in [2.45, 2.75) is 32.1 Å². The van der Waals surface area contributed by atoms with Crippen LogP contribution in [0.4, 0.5) is 0 Å². The monoisotopic (exact) mass is 237 g/mol. The summed E-state index contributed by atoms with van der Waals surface area (Å²) in [5, 5.41) is 10.3. The van der Waals surface area contributed by atoms with Crippen LogP contribution in [-0.4, -0.2) is 23.0 Å². The summed E-state index contributed by atoms with van der Waals surface area (Å²) in [5.74, 6) is 0.369. The van der Waals surface area contributed by atoms with Crippen LogP contribution < -0.4 is 0 Å². The number of carboxylic acid groups (broad SMARTS) is 1. The largest absolute Gasteiger partial charge is 0.481 e. The van der Waals surface area contributed by atoms with Gasteiger partial charge < -0.3 is 5.11 Å². The van der Waals surface area contributed by atoms with Gasteiger partial charge in [-0.3, -0.25) is 9.79 Å². The third-order valence-corrected chi connectivity index (χ3v) is 5.03. The average molecular weight is 237 g/mol. The van der Waals surface area contributed by atoms with Gasteiger partial charge in [-0.25, -0.2) is 0 Å². The molecule has 1 fully saturated rings. The molecular formula is C12H15NO2S. The Kier molecular flexibility index (Phi) is 2.35. The molecular weight excluding hydrogens is 222 g/mol. The molecule has 3 rings (SSSR count). The number of rotatable bonds is 1. The zero-order valence-electron chi connectivity index (χ0n) is 9.11. The first-order valence-corrected chi connectivity index (χ1v) is 6.80. The van der Waals surface area contributed by atoms with Crippen molar-refractivity contribution < 1.29 is 9.90 Å². The summed E-state index contributed by atoms with van der Waals surface area (Å²) >= 11 is 1.84. The number of nitrogens with zero attached hydrogens (tertiary/aromatic N) is 1. The lowest BCUT2D eigenvalue weighted by Crippen LogP contribution is -2.23. The fraction of sp³-hybridized carbons (Fsp3) is 0.667. The summed E-state index contributed by atoms with van der Waals surface area (Å²) in [6.45, 7) is 0. The molecule has 0 bridgehead atoms. The molecule has 2 atom stereocenters. The minimum Gasteiger partial charge on any atom is -0.481 e. The van der Waals surface area contributed by atoms with Crippen LogP contribution >= 0.6 is 11.8 Å². The molecule has 16 heavy (non-hydrogen) atoms. The summed E-state index contributed by atoms with van der Waals surface area (Å²) in [4.78, 5) is 15.5. The zero-order chi connectivity index (χ0) is 11.2. The number of carboxylic acids is 1. The summed E-state index contributed by atoms with van der Waals surface area (Å²) in [6.07, 6.45) is 6.85. The summed E-state index contributed by atoms with van der Waals surface area (Å²) in [7, 11) is 0. The molecule has 86 valence electrons. The van der Waals surface area contributed by atoms with Crippen LogP contribution in [-0.2, 0) is 4.79 Å². The first-order valence-electron chi connectivity index (χ1n) is 5.81. The van der Waals surface area contributed by atoms with Crippen LogP contribution in [0.25, 0.3) is 0 Å². The van der Waals surface area contributed by atoms with E-state index in [-0.39, 0.29) is 11.3 Å². The van der Waals surface area contributed by atoms with Gasteiger partial charge in [-0.1, -0.05) is 0 Å². The van der Waals surface area contributed by atoms with Crippen molar-refractivity contribution in [1.82, 2.24) is 0 Å². The highest BCUT2D eigenvalue weighted by atomic mass is 32.2. The van der Waals surface area contributed by atoms with Gasteiger partial charge in [0.15, 0.2) is 0 Å². The SMILES string of the molecule is O=C(O)C1CCC2(C=NC3=C(CCS3)C2)C1. The molecule has 2 aliphatic heterocycles. The molecule has 0 amide bonds. The molecule has 1 N–H and O–H groups in total. The number of aliphatic carboxylic acids is 1. The van der Waals surface area contributed by atoms with Crippen LogP contribution in [0.1, 0.15) is 32.1 Å². The number of hydrogen-bond donors (Lipinski definition) is 1. The van der Waals surface area contributed by atoms with Crippen LogP contribution in [0.3, 0.4) is 0 Å². The fourth-order valence-electron chi connectivity index (χ4n) is 3.08. The van der Waals surface area contributed by atoms with Crippen molar-refractivity contribution in [2.75, 3.05) is 5.75 Å². The lowest BCUT2D eigenvalue weighted by molar-refractivity contribution is -0.141. The molecule has 3 nitrogen and oxygen atoms in total. The quantitative estimate of drug-likeness (QED) is 0.762. The molecule has 2 heterocycles. The second kappa shape index (κ2) is 3.62. The van der Waals surface area contributed by atoms with Gasteiger partial charge in [-0.15, -0.1) is 11.8 Å². The Balaban J connectivity index is 1.79. The van der Waals surface area contributed by atoms with E-state index in [1.807, 2.05) is 18.0 Å². The first kappa shape index (κ1) is 10.4. The van der Waals surface area contributed by atoms with Crippen molar-refractivity contribution in [1.29, 1.82) is 0 Å². The maximum absolute atomic E-state index is 11.0. The van der Waals surface area contributed by atoms with Crippen LogP contribution in [0.5, 0.6) is 0 Å². The Labute approximate surface area is 99.0 Å². The predicted molar refractivity (Wildman–Crippen MR) is 64.6 cm³/mol. The van der Waals surface area contributed by atoms with E-state index < -0.39 is 5.97 Å². The smallest absolute Gasteiger partial charge is 0.306 e. The number of allylic oxidation sites excluding steroid dienone is 1. The van der Waals surface area contributed by atoms with Gasteiger partial charge in [0, 0.05) is 17.4 Å². The van der Waals surface area contributed by atoms with E-state index in [1.165, 1.54) is 10.6 Å². The Morgan fingerprint density at radius 2 is 2.50 bits per heavy atom. The third kappa shape index (κ3) is 1.59. The van der Waals surface area contributed by atoms with Crippen molar-refractivity contribution >= 4 is 23.9 Å². The number of carbonyl (C=O) groups is 1. The third-order valence-electron chi connectivity index (χ3n) is 3.96. The molecule has 1 saturated carbocycles. The molecule has 1 spiro atoms. The van der Waals surface area contributed by atoms with E-state index in [4.69, 9.17) is 5.11 Å². The molecule has 0 saturated heterocycles. The minimum absolute atomic E-state index is 0.0762. The van der Waals surface area contributed by atoms with E-state index in [2.05, 4.69) is 4.99 Å². The van der Waals surface area contributed by atoms with Gasteiger partial charge in [0.05, 0.1) is 10.9 Å². The fourth-order valence-corrected chi connectivity index (χ4v) is 4.13. The lowest BCUT2D eigenvalue weighted by atomic mass is 9.78. The molecule has 4 heteroatoms. The summed E-state index contributed by atoms with van der Waals surface area (Å²) in [6, 6.07) is 0. The van der Waals surface area contributed by atoms with E-state index >= 15 is 0 Å². The zero-order valence-corrected chi connectivity index (χ0v) is 9.92. The van der Waals surface area contributed by atoms with Crippen molar-refractivity contribution in [3.8, 4) is 0 Å². The normalized spacial score (nSPS) is 37.1. The van der Waals surface area contributed by atoms with E-state index in [0.29, 0.717) is 0 Å². The molecule has 3 aliphatic rings. The first-order chi connectivity index (χ1) is 7.69. The number of thioether (sulfide) groups is 1. The Bertz CT molecular complexity index is 402. The van der Waals surface area contributed by atoms with E-state index in [9.17, 15) is 4.79 Å². The van der Waals surface area contributed by atoms with Crippen LogP contribution in [0, 0.1) is 11.3 Å². The molecule has 2 unspecified atom stereocenters. The van der Waals surface area contributed by atoms with Gasteiger partial charge in [0.1, 0.15) is 0 Å². The standard InChI is InChI=1S/C12H15NO2S/c14-11(15)9-1-3-12(6-9)5-8-2-4-16-10(8)13-7-12/h7,9H,1-6H2,(H,14,15). The Morgan fingerprint density at radius 1 is 1.62 bits per heavy atom. The van der Waals surface area contributed by atoms with E-state index in [0.717, 1.165) is 37.9 Å². The van der Waals surface area contributed by atoms with Gasteiger partial charge >= 0.3 is 5.97 Å². The lowest BCUT2D eigenvalue weighted by Gasteiger charge is -2.28. The number of hydrogen-bond acceptors (Lipinski definition) is 3. The van der Waals surface area contributed by atoms with Gasteiger partial charge in [0.25, 0.3) is 0 Å². The van der Waals surface area contributed by atoms with Gasteiger partial charge in [-0.2, -0.15) is 0 Å². The highest BCUT2D eigenvalue weighted by Gasteiger charge is 2.43. The molecule has 0 aromatic carbocycles. The minimum atomic E-state index is -0.633. The van der Waals surface area contributed by atoms with Crippen molar-refractivity contribution in [3.63, 3.8) is 0 Å². The number of aliphatic imine (C=N–C) groups is 1. The molecule has 0 radical (unpaired) electrons. The highest BCUT2D eigenvalue weighted by Crippen LogP contribution is 2.50. The second-order valence-electron chi connectivity index (χ2n) is 5.08. The van der Waals surface area contributed by atoms with Crippen LogP contribution in [0.2, 0.25) is 0 Å². The topological polar surface area (TPSA) is 49.7 Å². The van der Waals surface area contributed by atoms with Crippen molar-refractivity contribution in [2.24, 2.45) is 16.3 Å². The molecule has 1 aliphatic carbocycles. The van der Waals surface area contributed by atoms with Gasteiger partial charge in [-0.05, 0) is 37.7 Å². The van der Waals surface area contributed by atoms with Crippen molar-refractivity contribution in [3.05, 3.63) is 10.6 Å². The van der Waals surface area contributed by atoms with Crippen LogP contribution in [0.15, 0.2) is 15.6 Å². The summed E-state index contributed by atoms with van der Waals surface area (Å²) < 4.78 is 0. The highest BCUT2D eigenvalue weighted by molar-refractivity contribution is 8.03. The second-order valence-corrected chi connectivity index (χ2v) is 6.17. The molecule has 0 aromatic heterocycles. The predicted octanol–water partition coefficient (Wildman–Crippen LogP) is 2.68. The maximum Gasteiger partial charge on any atom is 0.306 e. The Morgan fingerprint density at radius 3 is 3.25 bits per heavy atom. The average Bonchev–Trinajstić information content (AvgIpc) is 2.85. The van der Waals surface area contributed by atoms with E-state index in [1.54, 1.807) is 0 Å². The van der Waals surface area contributed by atoms with Gasteiger partial charge in [0.2, 0.25) is 0 Å². The summed E-state index contributed by atoms with van der Waals surface area (Å²) in [5.41, 5.74) is 1.55. The maximum atomic E-state index is 11.0. The Hall–Kier alpha value is -0.770.